The summed E-state index contributed by atoms with van der Waals surface area (Å²) in [5, 5.41) is 8.97. The fraction of sp³-hybridized carbons (Fsp3) is 0.263. The lowest BCUT2D eigenvalue weighted by Crippen LogP contribution is -2.02. The normalized spacial score (nSPS) is 15.7. The molecule has 4 nitrogen and oxygen atoms in total. The Balaban J connectivity index is 1.80. The third-order valence-corrected chi connectivity index (χ3v) is 4.26. The van der Waals surface area contributed by atoms with Gasteiger partial charge in [0.15, 0.2) is 5.69 Å². The van der Waals surface area contributed by atoms with E-state index in [2.05, 4.69) is 4.85 Å². The van der Waals surface area contributed by atoms with E-state index in [0.717, 1.165) is 29.7 Å². The van der Waals surface area contributed by atoms with Crippen LogP contribution in [0.1, 0.15) is 35.4 Å². The number of aryl methyl sites for hydroxylation is 2. The first-order chi connectivity index (χ1) is 11.1. The number of carboxylic acid groups (broad SMARTS) is 1. The van der Waals surface area contributed by atoms with Crippen molar-refractivity contribution in [3.63, 3.8) is 0 Å². The molecule has 0 saturated carbocycles. The summed E-state index contributed by atoms with van der Waals surface area (Å²) in [4.78, 5) is 14.4. The molecule has 0 aliphatic heterocycles. The summed E-state index contributed by atoms with van der Waals surface area (Å²) >= 11 is 0. The number of nitrogens with zero attached hydrogens (tertiary/aromatic N) is 1. The third-order valence-electron chi connectivity index (χ3n) is 4.26. The van der Waals surface area contributed by atoms with E-state index in [0.29, 0.717) is 11.4 Å². The zero-order valence-electron chi connectivity index (χ0n) is 12.9. The minimum Gasteiger partial charge on any atom is -0.481 e. The van der Waals surface area contributed by atoms with Crippen LogP contribution in [-0.4, -0.2) is 11.1 Å². The lowest BCUT2D eigenvalue weighted by atomic mass is 9.98. The topological polar surface area (TPSA) is 50.9 Å². The molecule has 0 amide bonds. The summed E-state index contributed by atoms with van der Waals surface area (Å²) in [7, 11) is 0. The van der Waals surface area contributed by atoms with Gasteiger partial charge in [0.1, 0.15) is 11.5 Å². The molecule has 4 heteroatoms. The second-order valence-electron chi connectivity index (χ2n) is 5.86. The molecule has 0 radical (unpaired) electrons. The highest BCUT2D eigenvalue weighted by atomic mass is 16.5. The van der Waals surface area contributed by atoms with E-state index in [1.807, 2.05) is 31.2 Å². The molecule has 0 spiro atoms. The van der Waals surface area contributed by atoms with E-state index >= 15 is 0 Å². The van der Waals surface area contributed by atoms with Crippen LogP contribution in [0.4, 0.5) is 5.69 Å². The van der Waals surface area contributed by atoms with Crippen LogP contribution in [0.2, 0.25) is 0 Å². The van der Waals surface area contributed by atoms with E-state index in [1.165, 1.54) is 5.56 Å². The second-order valence-corrected chi connectivity index (χ2v) is 5.86. The number of carboxylic acids is 1. The molecule has 1 atom stereocenters. The zero-order valence-corrected chi connectivity index (χ0v) is 12.9. The first-order valence-electron chi connectivity index (χ1n) is 7.57. The lowest BCUT2D eigenvalue weighted by molar-refractivity contribution is -0.137. The van der Waals surface area contributed by atoms with Gasteiger partial charge in [-0.1, -0.05) is 12.1 Å². The van der Waals surface area contributed by atoms with Gasteiger partial charge < -0.3 is 9.84 Å². The first kappa shape index (κ1) is 15.1. The molecule has 0 saturated heterocycles. The van der Waals surface area contributed by atoms with Gasteiger partial charge in [-0.2, -0.15) is 0 Å². The highest BCUT2D eigenvalue weighted by molar-refractivity contribution is 5.68. The molecule has 23 heavy (non-hydrogen) atoms. The second kappa shape index (κ2) is 6.13. The Morgan fingerprint density at radius 2 is 2.04 bits per heavy atom. The van der Waals surface area contributed by atoms with Gasteiger partial charge in [-0.25, -0.2) is 4.85 Å². The fourth-order valence-electron chi connectivity index (χ4n) is 3.12. The molecule has 3 rings (SSSR count). The van der Waals surface area contributed by atoms with Gasteiger partial charge in [-0.3, -0.25) is 4.79 Å². The molecule has 2 aromatic carbocycles. The molecule has 1 N–H and O–H groups in total. The minimum atomic E-state index is -0.751. The number of carbonyl (C=O) groups is 1. The maximum Gasteiger partial charge on any atom is 0.303 e. The van der Waals surface area contributed by atoms with Crippen molar-refractivity contribution in [2.45, 2.75) is 32.1 Å². The Labute approximate surface area is 135 Å². The van der Waals surface area contributed by atoms with Crippen LogP contribution in [-0.2, 0) is 11.2 Å². The third kappa shape index (κ3) is 3.19. The van der Waals surface area contributed by atoms with E-state index < -0.39 is 5.97 Å². The SMILES string of the molecule is [C-]#[N+]c1ccc(Oc2ccc3c(c2)CC[C@H]3CC(=O)O)cc1C. The highest BCUT2D eigenvalue weighted by Gasteiger charge is 2.24. The Hall–Kier alpha value is -2.80. The Morgan fingerprint density at radius 3 is 2.74 bits per heavy atom. The monoisotopic (exact) mass is 307 g/mol. The van der Waals surface area contributed by atoms with Crippen molar-refractivity contribution >= 4 is 11.7 Å². The van der Waals surface area contributed by atoms with Crippen LogP contribution in [0.3, 0.4) is 0 Å². The lowest BCUT2D eigenvalue weighted by Gasteiger charge is -2.11. The van der Waals surface area contributed by atoms with Gasteiger partial charge in [0, 0.05) is 0 Å². The molecular formula is C19H17NO3. The summed E-state index contributed by atoms with van der Waals surface area (Å²) in [5.41, 5.74) is 3.81. The van der Waals surface area contributed by atoms with Crippen molar-refractivity contribution in [2.75, 3.05) is 0 Å². The molecule has 2 aromatic rings. The average Bonchev–Trinajstić information content (AvgIpc) is 2.89. The quantitative estimate of drug-likeness (QED) is 0.822. The largest absolute Gasteiger partial charge is 0.481 e. The van der Waals surface area contributed by atoms with Crippen molar-refractivity contribution in [3.05, 3.63) is 64.5 Å². The number of rotatable bonds is 4. The number of hydrogen-bond donors (Lipinski definition) is 1. The van der Waals surface area contributed by atoms with Gasteiger partial charge in [-0.05, 0) is 66.6 Å². The molecule has 1 aliphatic rings. The summed E-state index contributed by atoms with van der Waals surface area (Å²) in [6.07, 6.45) is 1.95. The van der Waals surface area contributed by atoms with E-state index in [-0.39, 0.29) is 12.3 Å². The Morgan fingerprint density at radius 1 is 1.30 bits per heavy atom. The molecule has 0 aromatic heterocycles. The molecule has 0 bridgehead atoms. The van der Waals surface area contributed by atoms with E-state index in [9.17, 15) is 4.79 Å². The van der Waals surface area contributed by atoms with Crippen LogP contribution < -0.4 is 4.74 Å². The Bertz CT molecular complexity index is 805. The number of benzene rings is 2. The highest BCUT2D eigenvalue weighted by Crippen LogP contribution is 2.38. The number of hydrogen-bond acceptors (Lipinski definition) is 2. The van der Waals surface area contributed by atoms with Crippen LogP contribution >= 0.6 is 0 Å². The number of ether oxygens (including phenoxy) is 1. The Kier molecular flexibility index (Phi) is 4.03. The summed E-state index contributed by atoms with van der Waals surface area (Å²) in [6.45, 7) is 8.96. The van der Waals surface area contributed by atoms with Crippen molar-refractivity contribution in [3.8, 4) is 11.5 Å². The standard InChI is InChI=1S/C19H17NO3/c1-12-9-15(6-8-18(12)20-2)23-16-5-7-17-13(10-16)3-4-14(17)11-19(21)22/h5-10,14H,3-4,11H2,1H3,(H,21,22)/t14-/m0/s1. The van der Waals surface area contributed by atoms with Crippen LogP contribution in [0.25, 0.3) is 4.85 Å². The maximum atomic E-state index is 10.9. The van der Waals surface area contributed by atoms with E-state index in [4.69, 9.17) is 16.4 Å². The zero-order chi connectivity index (χ0) is 16.4. The number of fused-ring (bicyclic) bond motifs is 1. The van der Waals surface area contributed by atoms with Gasteiger partial charge in [-0.15, -0.1) is 0 Å². The fourth-order valence-corrected chi connectivity index (χ4v) is 3.12. The van der Waals surface area contributed by atoms with Gasteiger partial charge in [0.05, 0.1) is 13.0 Å². The number of aliphatic carboxylic acids is 1. The van der Waals surface area contributed by atoms with Crippen molar-refractivity contribution < 1.29 is 14.6 Å². The van der Waals surface area contributed by atoms with Crippen LogP contribution in [0, 0.1) is 13.5 Å². The molecule has 116 valence electrons. The predicted molar refractivity (Wildman–Crippen MR) is 87.3 cm³/mol. The van der Waals surface area contributed by atoms with Gasteiger partial charge in [0.25, 0.3) is 0 Å². The van der Waals surface area contributed by atoms with E-state index in [1.54, 1.807) is 12.1 Å². The van der Waals surface area contributed by atoms with Gasteiger partial charge in [0.2, 0.25) is 0 Å². The van der Waals surface area contributed by atoms with Crippen molar-refractivity contribution in [1.82, 2.24) is 0 Å². The molecular weight excluding hydrogens is 290 g/mol. The molecule has 0 unspecified atom stereocenters. The van der Waals surface area contributed by atoms with Gasteiger partial charge >= 0.3 is 5.97 Å². The van der Waals surface area contributed by atoms with Crippen molar-refractivity contribution in [1.29, 1.82) is 0 Å². The van der Waals surface area contributed by atoms with Crippen molar-refractivity contribution in [2.24, 2.45) is 0 Å². The average molecular weight is 307 g/mol. The minimum absolute atomic E-state index is 0.108. The van der Waals surface area contributed by atoms with Crippen LogP contribution in [0.15, 0.2) is 36.4 Å². The molecule has 0 heterocycles. The summed E-state index contributed by atoms with van der Waals surface area (Å²) in [6, 6.07) is 11.3. The smallest absolute Gasteiger partial charge is 0.303 e. The van der Waals surface area contributed by atoms with Crippen LogP contribution in [0.5, 0.6) is 11.5 Å². The molecule has 1 aliphatic carbocycles. The summed E-state index contributed by atoms with van der Waals surface area (Å²) < 4.78 is 5.88. The maximum absolute atomic E-state index is 10.9. The predicted octanol–water partition coefficient (Wildman–Crippen LogP) is 4.84. The summed E-state index contributed by atoms with van der Waals surface area (Å²) in [5.74, 6) is 0.805. The molecule has 0 fully saturated rings. The first-order valence-corrected chi connectivity index (χ1v) is 7.57.